The zero-order valence-electron chi connectivity index (χ0n) is 11.2. The molecule has 1 saturated heterocycles. The Morgan fingerprint density at radius 3 is 2.25 bits per heavy atom. The number of rotatable bonds is 5. The van der Waals surface area contributed by atoms with Gasteiger partial charge in [0.15, 0.2) is 0 Å². The fraction of sp³-hybridized carbons (Fsp3) is 0.571. The van der Waals surface area contributed by atoms with Crippen molar-refractivity contribution in [3.05, 3.63) is 35.9 Å². The van der Waals surface area contributed by atoms with Gasteiger partial charge in [0.05, 0.1) is 24.9 Å². The van der Waals surface area contributed by atoms with Crippen molar-refractivity contribution in [2.24, 2.45) is 0 Å². The van der Waals surface area contributed by atoms with E-state index in [9.17, 15) is 15.3 Å². The lowest BCUT2D eigenvalue weighted by Gasteiger charge is -2.41. The van der Waals surface area contributed by atoms with E-state index in [2.05, 4.69) is 10.6 Å². The quantitative estimate of drug-likeness (QED) is 0.380. The molecule has 1 aliphatic heterocycles. The smallest absolute Gasteiger partial charge is 0.109 e. The van der Waals surface area contributed by atoms with Gasteiger partial charge in [-0.15, -0.1) is 0 Å². The molecule has 0 unspecified atom stereocenters. The van der Waals surface area contributed by atoms with Gasteiger partial charge in [0, 0.05) is 19.1 Å². The molecule has 6 heteroatoms. The van der Waals surface area contributed by atoms with Crippen molar-refractivity contribution in [1.82, 2.24) is 10.6 Å². The highest BCUT2D eigenvalue weighted by Crippen LogP contribution is 2.15. The lowest BCUT2D eigenvalue weighted by atomic mass is 9.90. The molecule has 112 valence electrons. The molecule has 5 atom stereocenters. The Labute approximate surface area is 118 Å². The molecule has 0 radical (unpaired) electrons. The first-order valence-corrected chi connectivity index (χ1v) is 6.79. The summed E-state index contributed by atoms with van der Waals surface area (Å²) in [6, 6.07) is 8.78. The number of benzene rings is 1. The largest absolute Gasteiger partial charge is 0.395 e. The van der Waals surface area contributed by atoms with Gasteiger partial charge in [-0.1, -0.05) is 30.3 Å². The monoisotopic (exact) mass is 282 g/mol. The second-order valence-corrected chi connectivity index (χ2v) is 5.15. The third kappa shape index (κ3) is 3.54. The zero-order valence-corrected chi connectivity index (χ0v) is 11.2. The van der Waals surface area contributed by atoms with Gasteiger partial charge in [0.25, 0.3) is 0 Å². The van der Waals surface area contributed by atoms with Gasteiger partial charge in [-0.05, 0) is 5.56 Å². The summed E-state index contributed by atoms with van der Waals surface area (Å²) in [5, 5.41) is 44.6. The zero-order chi connectivity index (χ0) is 14.5. The number of piperidine rings is 1. The van der Waals surface area contributed by atoms with Gasteiger partial charge in [-0.2, -0.15) is 0 Å². The summed E-state index contributed by atoms with van der Waals surface area (Å²) in [7, 11) is 0. The summed E-state index contributed by atoms with van der Waals surface area (Å²) in [5.41, 5.74) is 1.12. The third-order valence-electron chi connectivity index (χ3n) is 3.69. The Morgan fingerprint density at radius 2 is 1.60 bits per heavy atom. The molecule has 1 aromatic carbocycles. The van der Waals surface area contributed by atoms with Crippen molar-refractivity contribution in [3.63, 3.8) is 0 Å². The molecule has 6 N–H and O–H groups in total. The highest BCUT2D eigenvalue weighted by molar-refractivity contribution is 5.14. The fourth-order valence-corrected chi connectivity index (χ4v) is 2.46. The molecule has 0 saturated carbocycles. The van der Waals surface area contributed by atoms with E-state index in [4.69, 9.17) is 5.11 Å². The molecule has 1 fully saturated rings. The van der Waals surface area contributed by atoms with Crippen LogP contribution in [0.4, 0.5) is 0 Å². The first-order chi connectivity index (χ1) is 9.63. The Balaban J connectivity index is 1.85. The SMILES string of the molecule is OC[C@@H]1N[C@H](CNCc2ccccc2)[C@H](O)[C@@H](O)[C@H]1O. The van der Waals surface area contributed by atoms with Crippen LogP contribution in [0, 0.1) is 0 Å². The Hall–Kier alpha value is -1.02. The van der Waals surface area contributed by atoms with Gasteiger partial charge < -0.3 is 31.1 Å². The van der Waals surface area contributed by atoms with E-state index < -0.39 is 30.4 Å². The second kappa shape index (κ2) is 7.12. The lowest BCUT2D eigenvalue weighted by molar-refractivity contribution is -0.118. The first kappa shape index (κ1) is 15.4. The summed E-state index contributed by atoms with van der Waals surface area (Å²) in [6.07, 6.45) is -3.49. The summed E-state index contributed by atoms with van der Waals surface area (Å²) < 4.78 is 0. The van der Waals surface area contributed by atoms with Crippen molar-refractivity contribution in [3.8, 4) is 0 Å². The molecule has 0 aliphatic carbocycles. The van der Waals surface area contributed by atoms with Crippen LogP contribution in [0.5, 0.6) is 0 Å². The average molecular weight is 282 g/mol. The Kier molecular flexibility index (Phi) is 5.47. The summed E-state index contributed by atoms with van der Waals surface area (Å²) in [4.78, 5) is 0. The minimum absolute atomic E-state index is 0.292. The van der Waals surface area contributed by atoms with Crippen LogP contribution in [0.15, 0.2) is 30.3 Å². The van der Waals surface area contributed by atoms with Crippen molar-refractivity contribution < 1.29 is 20.4 Å². The Bertz CT molecular complexity index is 401. The molecule has 1 heterocycles. The molecule has 6 nitrogen and oxygen atoms in total. The maximum atomic E-state index is 9.92. The van der Waals surface area contributed by atoms with E-state index in [1.165, 1.54) is 0 Å². The van der Waals surface area contributed by atoms with Gasteiger partial charge in [-0.3, -0.25) is 0 Å². The van der Waals surface area contributed by atoms with E-state index in [1.807, 2.05) is 30.3 Å². The molecule has 0 bridgehead atoms. The van der Waals surface area contributed by atoms with Crippen LogP contribution in [0.25, 0.3) is 0 Å². The lowest BCUT2D eigenvalue weighted by Crippen LogP contribution is -2.67. The molecule has 1 aliphatic rings. The van der Waals surface area contributed by atoms with Crippen LogP contribution >= 0.6 is 0 Å². The van der Waals surface area contributed by atoms with Crippen molar-refractivity contribution >= 4 is 0 Å². The number of hydrogen-bond donors (Lipinski definition) is 6. The third-order valence-corrected chi connectivity index (χ3v) is 3.69. The highest BCUT2D eigenvalue weighted by atomic mass is 16.4. The Morgan fingerprint density at radius 1 is 0.950 bits per heavy atom. The van der Waals surface area contributed by atoms with Crippen LogP contribution in [0.3, 0.4) is 0 Å². The number of nitrogens with one attached hydrogen (secondary N) is 2. The van der Waals surface area contributed by atoms with Crippen LogP contribution < -0.4 is 10.6 Å². The maximum Gasteiger partial charge on any atom is 0.109 e. The average Bonchev–Trinajstić information content (AvgIpc) is 2.48. The molecule has 1 aromatic rings. The summed E-state index contributed by atoms with van der Waals surface area (Å²) >= 11 is 0. The molecular formula is C14H22N2O4. The fourth-order valence-electron chi connectivity index (χ4n) is 2.46. The van der Waals surface area contributed by atoms with Gasteiger partial charge >= 0.3 is 0 Å². The predicted octanol–water partition coefficient (Wildman–Crippen LogP) is -1.81. The van der Waals surface area contributed by atoms with Crippen LogP contribution in [-0.4, -0.2) is 64.0 Å². The minimum atomic E-state index is -1.25. The van der Waals surface area contributed by atoms with E-state index in [0.717, 1.165) is 5.56 Å². The van der Waals surface area contributed by atoms with E-state index >= 15 is 0 Å². The first-order valence-electron chi connectivity index (χ1n) is 6.79. The van der Waals surface area contributed by atoms with E-state index in [-0.39, 0.29) is 6.61 Å². The number of aliphatic hydroxyl groups excluding tert-OH is 4. The topological polar surface area (TPSA) is 105 Å². The molecule has 20 heavy (non-hydrogen) atoms. The van der Waals surface area contributed by atoms with Gasteiger partial charge in [0.1, 0.15) is 6.10 Å². The molecule has 0 aromatic heterocycles. The summed E-state index contributed by atoms with van der Waals surface area (Å²) in [6.45, 7) is 0.782. The van der Waals surface area contributed by atoms with E-state index in [1.54, 1.807) is 0 Å². The van der Waals surface area contributed by atoms with Crippen molar-refractivity contribution in [2.75, 3.05) is 13.2 Å². The van der Waals surface area contributed by atoms with Crippen LogP contribution in [-0.2, 0) is 6.54 Å². The standard InChI is InChI=1S/C14H22N2O4/c17-8-11-13(19)14(20)12(18)10(16-11)7-15-6-9-4-2-1-3-5-9/h1-5,10-20H,6-8H2/t10-,11+,12+,13+,14-/m1/s1. The predicted molar refractivity (Wildman–Crippen MR) is 74.0 cm³/mol. The molecular weight excluding hydrogens is 260 g/mol. The van der Waals surface area contributed by atoms with Gasteiger partial charge in [0.2, 0.25) is 0 Å². The van der Waals surface area contributed by atoms with Crippen LogP contribution in [0.2, 0.25) is 0 Å². The van der Waals surface area contributed by atoms with E-state index in [0.29, 0.717) is 13.1 Å². The molecule has 0 spiro atoms. The molecule has 0 amide bonds. The summed E-state index contributed by atoms with van der Waals surface area (Å²) in [5.74, 6) is 0. The van der Waals surface area contributed by atoms with Crippen molar-refractivity contribution in [2.45, 2.75) is 36.9 Å². The van der Waals surface area contributed by atoms with Gasteiger partial charge in [-0.25, -0.2) is 0 Å². The number of hydrogen-bond acceptors (Lipinski definition) is 6. The number of aliphatic hydroxyl groups is 4. The molecule has 2 rings (SSSR count). The minimum Gasteiger partial charge on any atom is -0.395 e. The normalized spacial score (nSPS) is 34.1. The van der Waals surface area contributed by atoms with Crippen molar-refractivity contribution in [1.29, 1.82) is 0 Å². The highest BCUT2D eigenvalue weighted by Gasteiger charge is 2.41. The maximum absolute atomic E-state index is 9.92. The second-order valence-electron chi connectivity index (χ2n) is 5.15. The van der Waals surface area contributed by atoms with Crippen LogP contribution in [0.1, 0.15) is 5.56 Å².